The number of carbonyl (C=O) groups excluding carboxylic acids is 1. The van der Waals surface area contributed by atoms with Gasteiger partial charge < -0.3 is 10.3 Å². The molecule has 0 aliphatic heterocycles. The van der Waals surface area contributed by atoms with Gasteiger partial charge in [-0.25, -0.2) is 13.4 Å². The van der Waals surface area contributed by atoms with Gasteiger partial charge in [0.1, 0.15) is 10.0 Å². The van der Waals surface area contributed by atoms with Gasteiger partial charge in [-0.1, -0.05) is 0 Å². The molecule has 2 aromatic heterocycles. The van der Waals surface area contributed by atoms with Crippen molar-refractivity contribution in [2.45, 2.75) is 17.2 Å². The Morgan fingerprint density at radius 2 is 2.21 bits per heavy atom. The third-order valence-corrected chi connectivity index (χ3v) is 5.35. The van der Waals surface area contributed by atoms with E-state index in [1.54, 1.807) is 19.3 Å². The molecule has 0 aliphatic carbocycles. The highest BCUT2D eigenvalue weighted by Crippen LogP contribution is 2.22. The van der Waals surface area contributed by atoms with Crippen molar-refractivity contribution in [3.63, 3.8) is 0 Å². The Bertz CT molecular complexity index is 674. The Balaban J connectivity index is 2.11. The van der Waals surface area contributed by atoms with Gasteiger partial charge in [-0.3, -0.25) is 4.79 Å². The molecule has 0 radical (unpaired) electrons. The van der Waals surface area contributed by atoms with Crippen molar-refractivity contribution in [1.82, 2.24) is 15.3 Å². The van der Waals surface area contributed by atoms with Crippen LogP contribution < -0.4 is 5.32 Å². The maximum absolute atomic E-state index is 12.0. The second-order valence-corrected chi connectivity index (χ2v) is 7.39. The highest BCUT2D eigenvalue weighted by Gasteiger charge is 2.17. The normalized spacial score (nSPS) is 13.2. The lowest BCUT2D eigenvalue weighted by Gasteiger charge is -2.10. The number of aromatic nitrogens is 2. The number of nitrogens with one attached hydrogen (secondary N) is 2. The van der Waals surface area contributed by atoms with E-state index in [0.29, 0.717) is 10.7 Å². The summed E-state index contributed by atoms with van der Waals surface area (Å²) in [7, 11) is -3.27. The standard InChI is InChI=1S/C11H13N3O3S2/c1-7(10-12-5-6-13-10)14-11(15)8-3-4-9(18-8)19(2,16)17/h3-7H,1-2H3,(H,12,13)(H,14,15)/t7-/m1/s1. The first kappa shape index (κ1) is 13.8. The topological polar surface area (TPSA) is 91.9 Å². The molecule has 0 aliphatic rings. The predicted molar refractivity (Wildman–Crippen MR) is 71.9 cm³/mol. The molecule has 2 rings (SSSR count). The van der Waals surface area contributed by atoms with Gasteiger partial charge in [-0.05, 0) is 19.1 Å². The van der Waals surface area contributed by atoms with Crippen LogP contribution in [0.5, 0.6) is 0 Å². The summed E-state index contributed by atoms with van der Waals surface area (Å²) in [5.74, 6) is 0.331. The van der Waals surface area contributed by atoms with Crippen molar-refractivity contribution in [3.05, 3.63) is 35.2 Å². The lowest BCUT2D eigenvalue weighted by Crippen LogP contribution is -2.26. The number of hydrogen-bond acceptors (Lipinski definition) is 5. The van der Waals surface area contributed by atoms with E-state index in [-0.39, 0.29) is 16.2 Å². The second kappa shape index (κ2) is 5.14. The third kappa shape index (κ3) is 3.21. The summed E-state index contributed by atoms with van der Waals surface area (Å²) in [6.07, 6.45) is 4.39. The molecule has 1 atom stereocenters. The van der Waals surface area contributed by atoms with E-state index in [9.17, 15) is 13.2 Å². The van der Waals surface area contributed by atoms with Gasteiger partial charge in [-0.15, -0.1) is 11.3 Å². The number of thiophene rings is 1. The Labute approximate surface area is 114 Å². The van der Waals surface area contributed by atoms with Crippen LogP contribution in [0.15, 0.2) is 28.7 Å². The average molecular weight is 299 g/mol. The zero-order valence-corrected chi connectivity index (χ0v) is 12.0. The monoisotopic (exact) mass is 299 g/mol. The lowest BCUT2D eigenvalue weighted by molar-refractivity contribution is 0.0942. The first-order valence-corrected chi connectivity index (χ1v) is 8.19. The van der Waals surface area contributed by atoms with Crippen LogP contribution in [0.25, 0.3) is 0 Å². The summed E-state index contributed by atoms with van der Waals surface area (Å²) >= 11 is 0.957. The summed E-state index contributed by atoms with van der Waals surface area (Å²) in [6.45, 7) is 1.79. The van der Waals surface area contributed by atoms with Gasteiger partial charge in [-0.2, -0.15) is 0 Å². The average Bonchev–Trinajstić information content (AvgIpc) is 3.00. The number of carbonyl (C=O) groups is 1. The number of imidazole rings is 1. The van der Waals surface area contributed by atoms with Crippen LogP contribution in [0.1, 0.15) is 28.5 Å². The SMILES string of the molecule is C[C@@H](NC(=O)c1ccc(S(C)(=O)=O)s1)c1ncc[nH]1. The van der Waals surface area contributed by atoms with Crippen molar-refractivity contribution >= 4 is 27.1 Å². The van der Waals surface area contributed by atoms with Gasteiger partial charge in [0.05, 0.1) is 10.9 Å². The number of sulfone groups is 1. The highest BCUT2D eigenvalue weighted by atomic mass is 32.2. The van der Waals surface area contributed by atoms with Crippen LogP contribution in [-0.2, 0) is 9.84 Å². The summed E-state index contributed by atoms with van der Waals surface area (Å²) < 4.78 is 22.9. The number of H-pyrrole nitrogens is 1. The second-order valence-electron chi connectivity index (χ2n) is 4.06. The van der Waals surface area contributed by atoms with Crippen LogP contribution in [-0.4, -0.2) is 30.5 Å². The fourth-order valence-electron chi connectivity index (χ4n) is 1.49. The van der Waals surface area contributed by atoms with E-state index in [4.69, 9.17) is 0 Å². The van der Waals surface area contributed by atoms with Crippen molar-refractivity contribution in [3.8, 4) is 0 Å². The smallest absolute Gasteiger partial charge is 0.261 e. The van der Waals surface area contributed by atoms with Crippen LogP contribution in [0.4, 0.5) is 0 Å². The minimum atomic E-state index is -3.27. The molecule has 0 unspecified atom stereocenters. The van der Waals surface area contributed by atoms with Gasteiger partial charge in [0.15, 0.2) is 9.84 Å². The van der Waals surface area contributed by atoms with E-state index in [1.807, 2.05) is 0 Å². The van der Waals surface area contributed by atoms with Crippen molar-refractivity contribution in [2.75, 3.05) is 6.26 Å². The van der Waals surface area contributed by atoms with Gasteiger partial charge in [0.25, 0.3) is 5.91 Å². The molecular weight excluding hydrogens is 286 g/mol. The predicted octanol–water partition coefficient (Wildman–Crippen LogP) is 1.37. The maximum Gasteiger partial charge on any atom is 0.261 e. The van der Waals surface area contributed by atoms with E-state index in [0.717, 1.165) is 17.6 Å². The summed E-state index contributed by atoms with van der Waals surface area (Å²) in [5.41, 5.74) is 0. The lowest BCUT2D eigenvalue weighted by atomic mass is 10.3. The van der Waals surface area contributed by atoms with Gasteiger partial charge >= 0.3 is 0 Å². The highest BCUT2D eigenvalue weighted by molar-refractivity contribution is 7.92. The van der Waals surface area contributed by atoms with Crippen LogP contribution in [0, 0.1) is 0 Å². The Kier molecular flexibility index (Phi) is 3.72. The van der Waals surface area contributed by atoms with Gasteiger partial charge in [0, 0.05) is 18.6 Å². The molecule has 0 spiro atoms. The molecule has 2 heterocycles. The molecule has 0 bridgehead atoms. The molecule has 102 valence electrons. The number of nitrogens with zero attached hydrogens (tertiary/aromatic N) is 1. The largest absolute Gasteiger partial charge is 0.347 e. The number of hydrogen-bond donors (Lipinski definition) is 2. The Morgan fingerprint density at radius 3 is 2.74 bits per heavy atom. The minimum absolute atomic E-state index is 0.184. The van der Waals surface area contributed by atoms with E-state index in [2.05, 4.69) is 15.3 Å². The van der Waals surface area contributed by atoms with E-state index in [1.165, 1.54) is 12.1 Å². The van der Waals surface area contributed by atoms with Crippen LogP contribution >= 0.6 is 11.3 Å². The molecule has 0 saturated heterocycles. The fraction of sp³-hybridized carbons (Fsp3) is 0.273. The maximum atomic E-state index is 12.0. The Morgan fingerprint density at radius 1 is 1.47 bits per heavy atom. The van der Waals surface area contributed by atoms with Crippen LogP contribution in [0.3, 0.4) is 0 Å². The van der Waals surface area contributed by atoms with Crippen LogP contribution in [0.2, 0.25) is 0 Å². The molecule has 2 N–H and O–H groups in total. The first-order chi connectivity index (χ1) is 8.88. The molecule has 0 aromatic carbocycles. The first-order valence-electron chi connectivity index (χ1n) is 5.48. The molecule has 1 amide bonds. The molecule has 0 saturated carbocycles. The van der Waals surface area contributed by atoms with Crippen molar-refractivity contribution in [1.29, 1.82) is 0 Å². The molecule has 19 heavy (non-hydrogen) atoms. The fourth-order valence-corrected chi connectivity index (χ4v) is 3.32. The molecular formula is C11H13N3O3S2. The molecule has 6 nitrogen and oxygen atoms in total. The summed E-state index contributed by atoms with van der Waals surface area (Å²) in [6, 6.07) is 2.67. The van der Waals surface area contributed by atoms with Crippen molar-refractivity contribution in [2.24, 2.45) is 0 Å². The number of rotatable bonds is 4. The van der Waals surface area contributed by atoms with E-state index < -0.39 is 9.84 Å². The van der Waals surface area contributed by atoms with Gasteiger partial charge in [0.2, 0.25) is 0 Å². The Hall–Kier alpha value is -1.67. The quantitative estimate of drug-likeness (QED) is 0.891. The van der Waals surface area contributed by atoms with E-state index >= 15 is 0 Å². The summed E-state index contributed by atoms with van der Waals surface area (Å²) in [5, 5.41) is 2.75. The zero-order valence-electron chi connectivity index (χ0n) is 10.4. The molecule has 8 heteroatoms. The molecule has 0 fully saturated rings. The number of amides is 1. The summed E-state index contributed by atoms with van der Waals surface area (Å²) in [4.78, 5) is 19.3. The molecule has 2 aromatic rings. The minimum Gasteiger partial charge on any atom is -0.347 e. The number of aromatic amines is 1. The zero-order chi connectivity index (χ0) is 14.0. The third-order valence-electron chi connectivity index (χ3n) is 2.45. The van der Waals surface area contributed by atoms with Crippen molar-refractivity contribution < 1.29 is 13.2 Å².